The Balaban J connectivity index is 2.78. The first-order valence-electron chi connectivity index (χ1n) is 7.06. The first-order chi connectivity index (χ1) is 9.71. The molecule has 0 spiro atoms. The SMILES string of the molecule is CCCNC(=O)C=Cc1ccc(OCC)c(OCC)c1. The maximum Gasteiger partial charge on any atom is 0.243 e. The van der Waals surface area contributed by atoms with Crippen molar-refractivity contribution in [1.82, 2.24) is 5.32 Å². The Bertz CT molecular complexity index is 455. The lowest BCUT2D eigenvalue weighted by molar-refractivity contribution is -0.116. The Morgan fingerprint density at radius 2 is 1.85 bits per heavy atom. The molecule has 110 valence electrons. The van der Waals surface area contributed by atoms with Gasteiger partial charge in [0, 0.05) is 12.6 Å². The van der Waals surface area contributed by atoms with Crippen LogP contribution >= 0.6 is 0 Å². The zero-order chi connectivity index (χ0) is 14.8. The van der Waals surface area contributed by atoms with Crippen LogP contribution in [0.3, 0.4) is 0 Å². The van der Waals surface area contributed by atoms with E-state index in [-0.39, 0.29) is 5.91 Å². The molecule has 0 heterocycles. The molecule has 0 aliphatic carbocycles. The molecule has 0 aliphatic rings. The van der Waals surface area contributed by atoms with E-state index in [1.807, 2.05) is 39.0 Å². The summed E-state index contributed by atoms with van der Waals surface area (Å²) < 4.78 is 11.0. The van der Waals surface area contributed by atoms with Crippen LogP contribution in [0.1, 0.15) is 32.8 Å². The van der Waals surface area contributed by atoms with Gasteiger partial charge in [-0.25, -0.2) is 0 Å². The molecule has 0 aromatic heterocycles. The summed E-state index contributed by atoms with van der Waals surface area (Å²) >= 11 is 0. The molecular weight excluding hydrogens is 254 g/mol. The van der Waals surface area contributed by atoms with E-state index in [0.717, 1.165) is 17.7 Å². The third-order valence-corrected chi connectivity index (χ3v) is 2.54. The Kier molecular flexibility index (Phi) is 7.25. The fourth-order valence-electron chi connectivity index (χ4n) is 1.65. The van der Waals surface area contributed by atoms with Gasteiger partial charge in [-0.3, -0.25) is 4.79 Å². The number of rotatable bonds is 8. The van der Waals surface area contributed by atoms with Gasteiger partial charge in [-0.1, -0.05) is 13.0 Å². The van der Waals surface area contributed by atoms with Gasteiger partial charge in [-0.15, -0.1) is 0 Å². The second-order valence-corrected chi connectivity index (χ2v) is 4.20. The number of nitrogens with one attached hydrogen (secondary N) is 1. The minimum absolute atomic E-state index is 0.0845. The van der Waals surface area contributed by atoms with Crippen molar-refractivity contribution in [2.45, 2.75) is 27.2 Å². The molecule has 1 aromatic rings. The lowest BCUT2D eigenvalue weighted by atomic mass is 10.2. The van der Waals surface area contributed by atoms with E-state index in [4.69, 9.17) is 9.47 Å². The van der Waals surface area contributed by atoms with Gasteiger partial charge in [-0.2, -0.15) is 0 Å². The Labute approximate surface area is 120 Å². The van der Waals surface area contributed by atoms with Crippen molar-refractivity contribution in [1.29, 1.82) is 0 Å². The molecule has 1 rings (SSSR count). The van der Waals surface area contributed by atoms with Gasteiger partial charge in [0.2, 0.25) is 5.91 Å². The fourth-order valence-corrected chi connectivity index (χ4v) is 1.65. The number of hydrogen-bond acceptors (Lipinski definition) is 3. The molecule has 4 heteroatoms. The molecule has 0 unspecified atom stereocenters. The zero-order valence-corrected chi connectivity index (χ0v) is 12.4. The first-order valence-corrected chi connectivity index (χ1v) is 7.06. The normalized spacial score (nSPS) is 10.6. The highest BCUT2D eigenvalue weighted by molar-refractivity contribution is 5.91. The number of benzene rings is 1. The Morgan fingerprint density at radius 1 is 1.15 bits per heavy atom. The molecular formula is C16H23NO3. The minimum Gasteiger partial charge on any atom is -0.490 e. The predicted molar refractivity (Wildman–Crippen MR) is 81.1 cm³/mol. The van der Waals surface area contributed by atoms with Crippen LogP contribution in [-0.4, -0.2) is 25.7 Å². The molecule has 20 heavy (non-hydrogen) atoms. The van der Waals surface area contributed by atoms with Crippen LogP contribution < -0.4 is 14.8 Å². The monoisotopic (exact) mass is 277 g/mol. The van der Waals surface area contributed by atoms with Crippen LogP contribution in [0.4, 0.5) is 0 Å². The number of hydrogen-bond donors (Lipinski definition) is 1. The highest BCUT2D eigenvalue weighted by Crippen LogP contribution is 2.28. The molecule has 0 saturated carbocycles. The van der Waals surface area contributed by atoms with E-state index in [9.17, 15) is 4.79 Å². The van der Waals surface area contributed by atoms with Crippen molar-refractivity contribution in [2.24, 2.45) is 0 Å². The van der Waals surface area contributed by atoms with Crippen molar-refractivity contribution >= 4 is 12.0 Å². The summed E-state index contributed by atoms with van der Waals surface area (Å²) in [5.74, 6) is 1.34. The zero-order valence-electron chi connectivity index (χ0n) is 12.4. The summed E-state index contributed by atoms with van der Waals surface area (Å²) in [6, 6.07) is 5.63. The summed E-state index contributed by atoms with van der Waals surface area (Å²) in [6.07, 6.45) is 4.22. The first kappa shape index (κ1) is 16.1. The predicted octanol–water partition coefficient (Wildman–Crippen LogP) is 3.02. The highest BCUT2D eigenvalue weighted by atomic mass is 16.5. The third-order valence-electron chi connectivity index (χ3n) is 2.54. The molecule has 4 nitrogen and oxygen atoms in total. The summed E-state index contributed by atoms with van der Waals surface area (Å²) in [7, 11) is 0. The molecule has 0 saturated heterocycles. The summed E-state index contributed by atoms with van der Waals surface area (Å²) in [5, 5.41) is 2.79. The maximum atomic E-state index is 11.5. The van der Waals surface area contributed by atoms with Gasteiger partial charge in [0.25, 0.3) is 0 Å². The molecule has 1 amide bonds. The number of amides is 1. The van der Waals surface area contributed by atoms with Crippen molar-refractivity contribution in [3.05, 3.63) is 29.8 Å². The van der Waals surface area contributed by atoms with Crippen molar-refractivity contribution in [3.8, 4) is 11.5 Å². The molecule has 1 N–H and O–H groups in total. The average molecular weight is 277 g/mol. The third kappa shape index (κ3) is 5.34. The average Bonchev–Trinajstić information content (AvgIpc) is 2.45. The Hall–Kier alpha value is -1.97. The van der Waals surface area contributed by atoms with E-state index < -0.39 is 0 Å². The largest absolute Gasteiger partial charge is 0.490 e. The number of carbonyl (C=O) groups is 1. The standard InChI is InChI=1S/C16H23NO3/c1-4-11-17-16(18)10-8-13-7-9-14(19-5-2)15(12-13)20-6-3/h7-10,12H,4-6,11H2,1-3H3,(H,17,18). The lowest BCUT2D eigenvalue weighted by Gasteiger charge is -2.11. The minimum atomic E-state index is -0.0845. The van der Waals surface area contributed by atoms with Crippen molar-refractivity contribution in [2.75, 3.05) is 19.8 Å². The quantitative estimate of drug-likeness (QED) is 0.743. The van der Waals surface area contributed by atoms with Crippen LogP contribution in [0.5, 0.6) is 11.5 Å². The van der Waals surface area contributed by atoms with E-state index >= 15 is 0 Å². The molecule has 0 radical (unpaired) electrons. The highest BCUT2D eigenvalue weighted by Gasteiger charge is 2.05. The van der Waals surface area contributed by atoms with E-state index in [1.54, 1.807) is 6.08 Å². The summed E-state index contributed by atoms with van der Waals surface area (Å²) in [4.78, 5) is 11.5. The topological polar surface area (TPSA) is 47.6 Å². The molecule has 0 fully saturated rings. The van der Waals surface area contributed by atoms with Gasteiger partial charge < -0.3 is 14.8 Å². The second kappa shape index (κ2) is 9.02. The van der Waals surface area contributed by atoms with Crippen LogP contribution in [0.2, 0.25) is 0 Å². The smallest absolute Gasteiger partial charge is 0.243 e. The van der Waals surface area contributed by atoms with E-state index in [1.165, 1.54) is 6.08 Å². The summed E-state index contributed by atoms with van der Waals surface area (Å²) in [6.45, 7) is 7.73. The van der Waals surface area contributed by atoms with Crippen molar-refractivity contribution < 1.29 is 14.3 Å². The molecule has 1 aromatic carbocycles. The second-order valence-electron chi connectivity index (χ2n) is 4.20. The van der Waals surface area contributed by atoms with E-state index in [0.29, 0.717) is 25.5 Å². The van der Waals surface area contributed by atoms with Crippen LogP contribution in [0.25, 0.3) is 6.08 Å². The van der Waals surface area contributed by atoms with Gasteiger partial charge in [0.1, 0.15) is 0 Å². The lowest BCUT2D eigenvalue weighted by Crippen LogP contribution is -2.21. The van der Waals surface area contributed by atoms with E-state index in [2.05, 4.69) is 5.32 Å². The molecule has 0 bridgehead atoms. The van der Waals surface area contributed by atoms with Crippen LogP contribution in [-0.2, 0) is 4.79 Å². The van der Waals surface area contributed by atoms with Gasteiger partial charge in [0.05, 0.1) is 13.2 Å². The maximum absolute atomic E-state index is 11.5. The number of ether oxygens (including phenoxy) is 2. The number of carbonyl (C=O) groups excluding carboxylic acids is 1. The fraction of sp³-hybridized carbons (Fsp3) is 0.438. The summed E-state index contributed by atoms with van der Waals surface area (Å²) in [5.41, 5.74) is 0.906. The Morgan fingerprint density at radius 3 is 2.50 bits per heavy atom. The van der Waals surface area contributed by atoms with Gasteiger partial charge in [0.15, 0.2) is 11.5 Å². The molecule has 0 aliphatic heterocycles. The molecule has 0 atom stereocenters. The van der Waals surface area contributed by atoms with Gasteiger partial charge in [-0.05, 0) is 44.0 Å². The van der Waals surface area contributed by atoms with Gasteiger partial charge >= 0.3 is 0 Å². The van der Waals surface area contributed by atoms with Crippen LogP contribution in [0.15, 0.2) is 24.3 Å². The van der Waals surface area contributed by atoms with Crippen LogP contribution in [0, 0.1) is 0 Å². The van der Waals surface area contributed by atoms with Crippen molar-refractivity contribution in [3.63, 3.8) is 0 Å².